The highest BCUT2D eigenvalue weighted by atomic mass is 16.5. The first-order valence-corrected chi connectivity index (χ1v) is 7.97. The molecule has 122 valence electrons. The van der Waals surface area contributed by atoms with Crippen molar-refractivity contribution >= 4 is 5.96 Å². The zero-order chi connectivity index (χ0) is 15.8. The van der Waals surface area contributed by atoms with Gasteiger partial charge in [-0.1, -0.05) is 12.1 Å². The standard InChI is InChI=1S/C17H28N4O/c1-18-17(20-12-15-5-4-10-21(2)13-15)19-11-14-6-8-16(22-3)9-7-14/h6-9,15H,4-5,10-13H2,1-3H3,(H2,18,19,20). The fourth-order valence-corrected chi connectivity index (χ4v) is 2.83. The Morgan fingerprint density at radius 2 is 2.09 bits per heavy atom. The molecule has 5 nitrogen and oxygen atoms in total. The van der Waals surface area contributed by atoms with Crippen LogP contribution in [0.4, 0.5) is 0 Å². The van der Waals surface area contributed by atoms with Crippen molar-refractivity contribution in [3.05, 3.63) is 29.8 Å². The number of benzene rings is 1. The Morgan fingerprint density at radius 1 is 1.32 bits per heavy atom. The largest absolute Gasteiger partial charge is 0.497 e. The number of methoxy groups -OCH3 is 1. The van der Waals surface area contributed by atoms with Crippen LogP contribution in [0.5, 0.6) is 5.75 Å². The maximum atomic E-state index is 5.17. The lowest BCUT2D eigenvalue weighted by Crippen LogP contribution is -2.43. The van der Waals surface area contributed by atoms with Gasteiger partial charge in [-0.3, -0.25) is 4.99 Å². The number of guanidine groups is 1. The molecule has 0 spiro atoms. The molecule has 1 atom stereocenters. The van der Waals surface area contributed by atoms with E-state index in [4.69, 9.17) is 4.74 Å². The minimum atomic E-state index is 0.707. The molecule has 0 amide bonds. The van der Waals surface area contributed by atoms with E-state index in [9.17, 15) is 0 Å². The van der Waals surface area contributed by atoms with Gasteiger partial charge in [0.25, 0.3) is 0 Å². The van der Waals surface area contributed by atoms with Gasteiger partial charge in [0, 0.05) is 26.7 Å². The monoisotopic (exact) mass is 304 g/mol. The molecule has 22 heavy (non-hydrogen) atoms. The van der Waals surface area contributed by atoms with Gasteiger partial charge in [-0.15, -0.1) is 0 Å². The minimum absolute atomic E-state index is 0.707. The van der Waals surface area contributed by atoms with Crippen LogP contribution in [0, 0.1) is 5.92 Å². The second kappa shape index (κ2) is 8.63. The fraction of sp³-hybridized carbons (Fsp3) is 0.588. The first-order chi connectivity index (χ1) is 10.7. The third-order valence-corrected chi connectivity index (χ3v) is 4.12. The van der Waals surface area contributed by atoms with Crippen molar-refractivity contribution in [2.75, 3.05) is 40.8 Å². The summed E-state index contributed by atoms with van der Waals surface area (Å²) in [6.07, 6.45) is 2.59. The Labute approximate surface area is 133 Å². The Balaban J connectivity index is 1.74. The summed E-state index contributed by atoms with van der Waals surface area (Å²) in [5.41, 5.74) is 1.21. The predicted molar refractivity (Wildman–Crippen MR) is 91.4 cm³/mol. The molecule has 1 aliphatic heterocycles. The predicted octanol–water partition coefficient (Wildman–Crippen LogP) is 1.70. The number of ether oxygens (including phenoxy) is 1. The minimum Gasteiger partial charge on any atom is -0.497 e. The molecule has 0 bridgehead atoms. The molecular formula is C17H28N4O. The van der Waals surface area contributed by atoms with Gasteiger partial charge in [0.1, 0.15) is 5.75 Å². The summed E-state index contributed by atoms with van der Waals surface area (Å²) in [5.74, 6) is 2.45. The van der Waals surface area contributed by atoms with Crippen molar-refractivity contribution in [1.29, 1.82) is 0 Å². The van der Waals surface area contributed by atoms with E-state index in [1.165, 1.54) is 31.5 Å². The molecule has 1 aromatic carbocycles. The van der Waals surface area contributed by atoms with Gasteiger partial charge in [-0.2, -0.15) is 0 Å². The molecule has 1 unspecified atom stereocenters. The highest BCUT2D eigenvalue weighted by Gasteiger charge is 2.17. The van der Waals surface area contributed by atoms with Gasteiger partial charge in [-0.05, 0) is 50.0 Å². The lowest BCUT2D eigenvalue weighted by Gasteiger charge is -2.30. The topological polar surface area (TPSA) is 48.9 Å². The molecule has 0 aromatic heterocycles. The van der Waals surface area contributed by atoms with Gasteiger partial charge in [0.2, 0.25) is 0 Å². The summed E-state index contributed by atoms with van der Waals surface area (Å²) in [6.45, 7) is 4.13. The fourth-order valence-electron chi connectivity index (χ4n) is 2.83. The molecule has 0 aliphatic carbocycles. The van der Waals surface area contributed by atoms with E-state index in [1.54, 1.807) is 7.11 Å². The summed E-state index contributed by atoms with van der Waals surface area (Å²) in [6, 6.07) is 8.08. The summed E-state index contributed by atoms with van der Waals surface area (Å²) < 4.78 is 5.17. The van der Waals surface area contributed by atoms with Gasteiger partial charge < -0.3 is 20.3 Å². The van der Waals surface area contributed by atoms with Crippen molar-refractivity contribution in [2.24, 2.45) is 10.9 Å². The van der Waals surface area contributed by atoms with Crippen LogP contribution in [0.15, 0.2) is 29.3 Å². The Hall–Kier alpha value is -1.75. The Kier molecular flexibility index (Phi) is 6.52. The van der Waals surface area contributed by atoms with Crippen LogP contribution in [0.3, 0.4) is 0 Å². The summed E-state index contributed by atoms with van der Waals surface area (Å²) in [5, 5.41) is 6.80. The van der Waals surface area contributed by atoms with Crippen LogP contribution in [-0.2, 0) is 6.54 Å². The first-order valence-electron chi connectivity index (χ1n) is 7.97. The summed E-state index contributed by atoms with van der Waals surface area (Å²) >= 11 is 0. The number of likely N-dealkylation sites (tertiary alicyclic amines) is 1. The lowest BCUT2D eigenvalue weighted by atomic mass is 9.99. The number of hydrogen-bond donors (Lipinski definition) is 2. The van der Waals surface area contributed by atoms with Crippen LogP contribution in [-0.4, -0.2) is 51.7 Å². The van der Waals surface area contributed by atoms with Gasteiger partial charge in [-0.25, -0.2) is 0 Å². The van der Waals surface area contributed by atoms with Crippen LogP contribution in [0.1, 0.15) is 18.4 Å². The molecule has 1 heterocycles. The normalized spacial score (nSPS) is 19.8. The molecule has 0 saturated carbocycles. The molecule has 1 aliphatic rings. The SMILES string of the molecule is CN=C(NCc1ccc(OC)cc1)NCC1CCCN(C)C1. The van der Waals surface area contributed by atoms with E-state index in [2.05, 4.69) is 39.7 Å². The molecule has 1 aromatic rings. The highest BCUT2D eigenvalue weighted by molar-refractivity contribution is 5.79. The average molecular weight is 304 g/mol. The number of rotatable bonds is 5. The molecule has 1 fully saturated rings. The second-order valence-electron chi connectivity index (χ2n) is 5.93. The van der Waals surface area contributed by atoms with E-state index in [-0.39, 0.29) is 0 Å². The Morgan fingerprint density at radius 3 is 2.73 bits per heavy atom. The van der Waals surface area contributed by atoms with Crippen molar-refractivity contribution in [1.82, 2.24) is 15.5 Å². The van der Waals surface area contributed by atoms with Crippen molar-refractivity contribution in [3.8, 4) is 5.75 Å². The quantitative estimate of drug-likeness (QED) is 0.642. The van der Waals surface area contributed by atoms with Crippen molar-refractivity contribution in [2.45, 2.75) is 19.4 Å². The van der Waals surface area contributed by atoms with Gasteiger partial charge in [0.05, 0.1) is 7.11 Å². The number of nitrogens with zero attached hydrogens (tertiary/aromatic N) is 2. The molecule has 2 rings (SSSR count). The average Bonchev–Trinajstić information content (AvgIpc) is 2.55. The molecule has 5 heteroatoms. The number of hydrogen-bond acceptors (Lipinski definition) is 3. The molecule has 1 saturated heterocycles. The number of piperidine rings is 1. The third-order valence-electron chi connectivity index (χ3n) is 4.12. The number of nitrogens with one attached hydrogen (secondary N) is 2. The van der Waals surface area contributed by atoms with E-state index >= 15 is 0 Å². The lowest BCUT2D eigenvalue weighted by molar-refractivity contribution is 0.210. The first kappa shape index (κ1) is 16.6. The zero-order valence-electron chi connectivity index (χ0n) is 13.9. The van der Waals surface area contributed by atoms with Crippen LogP contribution in [0.25, 0.3) is 0 Å². The van der Waals surface area contributed by atoms with E-state index < -0.39 is 0 Å². The molecule has 0 radical (unpaired) electrons. The third kappa shape index (κ3) is 5.22. The van der Waals surface area contributed by atoms with Crippen LogP contribution < -0.4 is 15.4 Å². The zero-order valence-corrected chi connectivity index (χ0v) is 13.9. The van der Waals surface area contributed by atoms with Crippen molar-refractivity contribution in [3.63, 3.8) is 0 Å². The maximum Gasteiger partial charge on any atom is 0.191 e. The van der Waals surface area contributed by atoms with E-state index in [0.717, 1.165) is 24.8 Å². The van der Waals surface area contributed by atoms with E-state index in [1.807, 2.05) is 19.2 Å². The number of aliphatic imine (C=N–C) groups is 1. The summed E-state index contributed by atoms with van der Waals surface area (Å²) in [7, 11) is 5.70. The maximum absolute atomic E-state index is 5.17. The van der Waals surface area contributed by atoms with Crippen LogP contribution >= 0.6 is 0 Å². The Bertz CT molecular complexity index is 472. The highest BCUT2D eigenvalue weighted by Crippen LogP contribution is 2.14. The van der Waals surface area contributed by atoms with Crippen LogP contribution in [0.2, 0.25) is 0 Å². The van der Waals surface area contributed by atoms with Gasteiger partial charge >= 0.3 is 0 Å². The molecule has 2 N–H and O–H groups in total. The second-order valence-corrected chi connectivity index (χ2v) is 5.93. The smallest absolute Gasteiger partial charge is 0.191 e. The van der Waals surface area contributed by atoms with Gasteiger partial charge in [0.15, 0.2) is 5.96 Å². The van der Waals surface area contributed by atoms with Crippen molar-refractivity contribution < 1.29 is 4.74 Å². The molecular weight excluding hydrogens is 276 g/mol. The van der Waals surface area contributed by atoms with E-state index in [0.29, 0.717) is 5.92 Å². The summed E-state index contributed by atoms with van der Waals surface area (Å²) in [4.78, 5) is 6.70.